The third kappa shape index (κ3) is 17.1. The van der Waals surface area contributed by atoms with E-state index in [1.807, 2.05) is 0 Å². The summed E-state index contributed by atoms with van der Waals surface area (Å²) >= 11 is 0. The highest BCUT2D eigenvalue weighted by Crippen LogP contribution is 2.02. The maximum Gasteiger partial charge on any atom is 0.265 e. The third-order valence-electron chi connectivity index (χ3n) is 2.42. The van der Waals surface area contributed by atoms with Crippen molar-refractivity contribution in [1.29, 1.82) is 0 Å². The molecule has 0 atom stereocenters. The van der Waals surface area contributed by atoms with Gasteiger partial charge in [-0.3, -0.25) is 9.35 Å². The lowest BCUT2D eigenvalue weighted by Gasteiger charge is -2.29. The van der Waals surface area contributed by atoms with Crippen molar-refractivity contribution in [3.63, 3.8) is 0 Å². The van der Waals surface area contributed by atoms with Gasteiger partial charge in [-0.15, -0.1) is 0 Å². The molecule has 0 fully saturated rings. The standard InChI is InChI=1S/C8H19NO3S.C4H7NO/c1-4-6-9(2,3)7-5-8-13(10,11)12;1-3(2)4(5)6/h4-8H2,1-3H3;1H2,2H3,(H2,5,6)/p+1. The van der Waals surface area contributed by atoms with E-state index in [-0.39, 0.29) is 5.75 Å². The molecular weight excluding hydrogens is 268 g/mol. The van der Waals surface area contributed by atoms with Gasteiger partial charge in [0.25, 0.3) is 10.1 Å². The zero-order valence-electron chi connectivity index (χ0n) is 12.3. The first-order valence-corrected chi connectivity index (χ1v) is 7.74. The van der Waals surface area contributed by atoms with E-state index in [0.29, 0.717) is 12.0 Å². The molecule has 6 nitrogen and oxygen atoms in total. The van der Waals surface area contributed by atoms with Crippen LogP contribution in [0.25, 0.3) is 0 Å². The maximum absolute atomic E-state index is 10.4. The Labute approximate surface area is 116 Å². The summed E-state index contributed by atoms with van der Waals surface area (Å²) in [5.41, 5.74) is 5.09. The molecular formula is C12H27N2O4S+. The van der Waals surface area contributed by atoms with Crippen molar-refractivity contribution in [3.05, 3.63) is 12.2 Å². The van der Waals surface area contributed by atoms with Gasteiger partial charge in [-0.25, -0.2) is 0 Å². The number of carbonyl (C=O) groups is 1. The Morgan fingerprint density at radius 3 is 2.00 bits per heavy atom. The summed E-state index contributed by atoms with van der Waals surface area (Å²) in [5.74, 6) is -0.562. The van der Waals surface area contributed by atoms with Crippen molar-refractivity contribution in [1.82, 2.24) is 0 Å². The first-order valence-electron chi connectivity index (χ1n) is 6.13. The highest BCUT2D eigenvalue weighted by molar-refractivity contribution is 7.85. The summed E-state index contributed by atoms with van der Waals surface area (Å²) in [5, 5.41) is 0. The number of nitrogens with two attached hydrogens (primary N) is 1. The molecule has 0 unspecified atom stereocenters. The molecule has 1 amide bonds. The SMILES string of the molecule is C=C(C)C(N)=O.CCC[N+](C)(C)CCCS(=O)(=O)O. The smallest absolute Gasteiger partial charge is 0.265 e. The molecule has 0 aliphatic heterocycles. The van der Waals surface area contributed by atoms with Gasteiger partial charge in [-0.1, -0.05) is 13.5 Å². The second-order valence-corrected chi connectivity index (χ2v) is 6.74. The summed E-state index contributed by atoms with van der Waals surface area (Å²) in [4.78, 5) is 9.82. The molecule has 0 aromatic rings. The predicted molar refractivity (Wildman–Crippen MR) is 77.2 cm³/mol. The molecule has 7 heteroatoms. The fourth-order valence-electron chi connectivity index (χ4n) is 1.39. The highest BCUT2D eigenvalue weighted by atomic mass is 32.2. The Balaban J connectivity index is 0. The van der Waals surface area contributed by atoms with Crippen molar-refractivity contribution in [2.75, 3.05) is 32.9 Å². The number of primary amides is 1. The molecule has 0 radical (unpaired) electrons. The average molecular weight is 295 g/mol. The van der Waals surface area contributed by atoms with Crippen LogP contribution in [0.4, 0.5) is 0 Å². The normalized spacial score (nSPS) is 11.4. The van der Waals surface area contributed by atoms with Gasteiger partial charge in [-0.05, 0) is 13.3 Å². The molecule has 3 N–H and O–H groups in total. The van der Waals surface area contributed by atoms with Crippen molar-refractivity contribution in [3.8, 4) is 0 Å². The molecule has 0 aromatic carbocycles. The molecule has 19 heavy (non-hydrogen) atoms. The minimum Gasteiger partial charge on any atom is -0.366 e. The van der Waals surface area contributed by atoms with Crippen molar-refractivity contribution in [2.24, 2.45) is 5.73 Å². The largest absolute Gasteiger partial charge is 0.366 e. The number of quaternary nitrogens is 1. The van der Waals surface area contributed by atoms with E-state index in [9.17, 15) is 13.2 Å². The summed E-state index contributed by atoms with van der Waals surface area (Å²) in [7, 11) is 0.354. The molecule has 0 rings (SSSR count). The van der Waals surface area contributed by atoms with Gasteiger partial charge in [0.15, 0.2) is 0 Å². The van der Waals surface area contributed by atoms with Crippen LogP contribution >= 0.6 is 0 Å². The molecule has 0 aromatic heterocycles. The number of carbonyl (C=O) groups excluding carboxylic acids is 1. The zero-order valence-corrected chi connectivity index (χ0v) is 13.2. The summed E-state index contributed by atoms with van der Waals surface area (Å²) in [6, 6.07) is 0. The van der Waals surface area contributed by atoms with Crippen LogP contribution in [0, 0.1) is 0 Å². The molecule has 0 aliphatic rings. The second kappa shape index (κ2) is 9.06. The lowest BCUT2D eigenvalue weighted by Crippen LogP contribution is -2.41. The van der Waals surface area contributed by atoms with E-state index < -0.39 is 16.0 Å². The zero-order chi connectivity index (χ0) is 15.7. The van der Waals surface area contributed by atoms with Crippen LogP contribution in [0.3, 0.4) is 0 Å². The van der Waals surface area contributed by atoms with Crippen LogP contribution in [-0.2, 0) is 14.9 Å². The van der Waals surface area contributed by atoms with Crippen LogP contribution in [0.2, 0.25) is 0 Å². The molecule has 114 valence electrons. The van der Waals surface area contributed by atoms with Crippen LogP contribution in [0.15, 0.2) is 12.2 Å². The number of nitrogens with zero attached hydrogens (tertiary/aromatic N) is 1. The Bertz CT molecular complexity index is 377. The predicted octanol–water partition coefficient (Wildman–Crippen LogP) is 0.799. The van der Waals surface area contributed by atoms with Gasteiger partial charge in [0.1, 0.15) is 0 Å². The van der Waals surface area contributed by atoms with Gasteiger partial charge in [0.05, 0.1) is 32.9 Å². The van der Waals surface area contributed by atoms with Gasteiger partial charge in [-0.2, -0.15) is 8.42 Å². The monoisotopic (exact) mass is 295 g/mol. The van der Waals surface area contributed by atoms with E-state index in [4.69, 9.17) is 10.3 Å². The first-order chi connectivity index (χ1) is 8.41. The number of hydrogen-bond donors (Lipinski definition) is 2. The quantitative estimate of drug-likeness (QED) is 0.412. The van der Waals surface area contributed by atoms with Gasteiger partial charge in [0, 0.05) is 12.0 Å². The Kier molecular flexibility index (Phi) is 9.73. The Hall–Kier alpha value is -0.920. The van der Waals surface area contributed by atoms with Crippen molar-refractivity contribution in [2.45, 2.75) is 26.7 Å². The summed E-state index contributed by atoms with van der Waals surface area (Å²) < 4.78 is 30.2. The summed E-state index contributed by atoms with van der Waals surface area (Å²) in [6.07, 6.45) is 1.60. The Morgan fingerprint density at radius 2 is 1.74 bits per heavy atom. The third-order valence-corrected chi connectivity index (χ3v) is 3.22. The van der Waals surface area contributed by atoms with Crippen LogP contribution in [0.5, 0.6) is 0 Å². The summed E-state index contributed by atoms with van der Waals surface area (Å²) in [6.45, 7) is 8.77. The van der Waals surface area contributed by atoms with Crippen molar-refractivity contribution < 1.29 is 22.2 Å². The highest BCUT2D eigenvalue weighted by Gasteiger charge is 2.14. The first kappa shape index (κ1) is 20.4. The average Bonchev–Trinajstić information content (AvgIpc) is 2.15. The minimum atomic E-state index is -3.77. The minimum absolute atomic E-state index is 0.127. The fourth-order valence-corrected chi connectivity index (χ4v) is 1.89. The van der Waals surface area contributed by atoms with Crippen LogP contribution < -0.4 is 5.73 Å². The van der Waals surface area contributed by atoms with E-state index in [2.05, 4.69) is 27.6 Å². The second-order valence-electron chi connectivity index (χ2n) is 5.17. The number of hydrogen-bond acceptors (Lipinski definition) is 3. The van der Waals surface area contributed by atoms with E-state index in [1.54, 1.807) is 6.92 Å². The lowest BCUT2D eigenvalue weighted by atomic mass is 10.3. The van der Waals surface area contributed by atoms with E-state index >= 15 is 0 Å². The molecule has 0 heterocycles. The Morgan fingerprint density at radius 1 is 1.32 bits per heavy atom. The van der Waals surface area contributed by atoms with Gasteiger partial charge < -0.3 is 10.2 Å². The topological polar surface area (TPSA) is 97.5 Å². The number of rotatable bonds is 7. The van der Waals surface area contributed by atoms with E-state index in [0.717, 1.165) is 24.0 Å². The van der Waals surface area contributed by atoms with Gasteiger partial charge in [0.2, 0.25) is 5.91 Å². The molecule has 0 saturated carbocycles. The van der Waals surface area contributed by atoms with Crippen LogP contribution in [0.1, 0.15) is 26.7 Å². The molecule has 0 bridgehead atoms. The number of amides is 1. The maximum atomic E-state index is 10.4. The van der Waals surface area contributed by atoms with Crippen LogP contribution in [-0.4, -0.2) is 56.3 Å². The molecule has 0 saturated heterocycles. The molecule has 0 aliphatic carbocycles. The molecule has 0 spiro atoms. The fraction of sp³-hybridized carbons (Fsp3) is 0.750. The van der Waals surface area contributed by atoms with Crippen molar-refractivity contribution >= 4 is 16.0 Å². The van der Waals surface area contributed by atoms with Gasteiger partial charge >= 0.3 is 0 Å². The van der Waals surface area contributed by atoms with E-state index in [1.165, 1.54) is 0 Å². The lowest BCUT2D eigenvalue weighted by molar-refractivity contribution is -0.890.